The van der Waals surface area contributed by atoms with Crippen molar-refractivity contribution < 1.29 is 17.2 Å². The number of hydrogen-bond donors (Lipinski definition) is 3. The number of aryl methyl sites for hydroxylation is 1. The van der Waals surface area contributed by atoms with E-state index in [1.165, 1.54) is 24.3 Å². The highest BCUT2D eigenvalue weighted by atomic mass is 32.2. The van der Waals surface area contributed by atoms with Gasteiger partial charge in [0.15, 0.2) is 0 Å². The maximum atomic E-state index is 14.7. The number of aromatic nitrogens is 5. The van der Waals surface area contributed by atoms with Crippen LogP contribution in [0.3, 0.4) is 0 Å². The van der Waals surface area contributed by atoms with Crippen LogP contribution in [0.15, 0.2) is 44.4 Å². The van der Waals surface area contributed by atoms with Gasteiger partial charge < -0.3 is 4.42 Å². The Morgan fingerprint density at radius 2 is 1.84 bits per heavy atom. The van der Waals surface area contributed by atoms with Gasteiger partial charge in [0.05, 0.1) is 4.90 Å². The summed E-state index contributed by atoms with van der Waals surface area (Å²) in [4.78, 5) is 11.5. The third kappa shape index (κ3) is 3.86. The molecule has 2 aromatic heterocycles. The van der Waals surface area contributed by atoms with Crippen LogP contribution < -0.4 is 10.5 Å². The van der Waals surface area contributed by atoms with Gasteiger partial charge >= 0.3 is 5.76 Å². The SMILES string of the molecule is Cc1ccc(F)c([C@@H](C)[C@H](NS(=O)(=O)c2ccc3n[nH]nc3c2)c2n[nH]c(=O)o2)c1C. The summed E-state index contributed by atoms with van der Waals surface area (Å²) in [6.07, 6.45) is 0. The number of halogens is 1. The second-order valence-electron chi connectivity index (χ2n) is 7.22. The Morgan fingerprint density at radius 3 is 2.55 bits per heavy atom. The van der Waals surface area contributed by atoms with E-state index in [4.69, 9.17) is 4.42 Å². The molecule has 12 heteroatoms. The number of aromatic amines is 2. The number of hydrogen-bond acceptors (Lipinski definition) is 7. The lowest BCUT2D eigenvalue weighted by Crippen LogP contribution is -2.33. The second kappa shape index (κ2) is 7.71. The highest BCUT2D eigenvalue weighted by Crippen LogP contribution is 2.35. The van der Waals surface area contributed by atoms with Crippen molar-refractivity contribution in [1.29, 1.82) is 0 Å². The first-order chi connectivity index (χ1) is 14.7. The van der Waals surface area contributed by atoms with Crippen LogP contribution in [0.25, 0.3) is 11.0 Å². The van der Waals surface area contributed by atoms with E-state index in [0.717, 1.165) is 5.56 Å². The van der Waals surface area contributed by atoms with Crippen molar-refractivity contribution >= 4 is 21.1 Å². The Kier molecular flexibility index (Phi) is 5.19. The minimum atomic E-state index is -4.13. The van der Waals surface area contributed by atoms with Crippen LogP contribution in [0.2, 0.25) is 0 Å². The van der Waals surface area contributed by atoms with Gasteiger partial charge in [0.1, 0.15) is 22.9 Å². The van der Waals surface area contributed by atoms with Crippen LogP contribution in [0, 0.1) is 19.7 Å². The summed E-state index contributed by atoms with van der Waals surface area (Å²) in [7, 11) is -4.13. The van der Waals surface area contributed by atoms with Gasteiger partial charge in [0.2, 0.25) is 15.9 Å². The molecule has 0 aliphatic carbocycles. The highest BCUT2D eigenvalue weighted by molar-refractivity contribution is 7.89. The van der Waals surface area contributed by atoms with Crippen molar-refractivity contribution in [2.24, 2.45) is 0 Å². The van der Waals surface area contributed by atoms with Crippen LogP contribution in [-0.4, -0.2) is 34.0 Å². The van der Waals surface area contributed by atoms with Crippen molar-refractivity contribution in [3.8, 4) is 0 Å². The van der Waals surface area contributed by atoms with E-state index in [2.05, 4.69) is 30.3 Å². The zero-order valence-corrected chi connectivity index (χ0v) is 17.6. The molecule has 0 spiro atoms. The average Bonchev–Trinajstić information content (AvgIpc) is 3.37. The molecule has 2 heterocycles. The van der Waals surface area contributed by atoms with Crippen molar-refractivity contribution in [3.63, 3.8) is 0 Å². The number of sulfonamides is 1. The molecule has 0 unspecified atom stereocenters. The minimum Gasteiger partial charge on any atom is -0.391 e. The van der Waals surface area contributed by atoms with Gasteiger partial charge in [-0.3, -0.25) is 0 Å². The predicted molar refractivity (Wildman–Crippen MR) is 108 cm³/mol. The molecule has 4 rings (SSSR count). The van der Waals surface area contributed by atoms with Gasteiger partial charge in [-0.05, 0) is 54.8 Å². The zero-order valence-electron chi connectivity index (χ0n) is 16.8. The Hall–Kier alpha value is -3.38. The van der Waals surface area contributed by atoms with Crippen molar-refractivity contribution in [2.45, 2.75) is 37.6 Å². The molecule has 0 fully saturated rings. The average molecular weight is 446 g/mol. The van der Waals surface area contributed by atoms with Crippen LogP contribution in [0.5, 0.6) is 0 Å². The van der Waals surface area contributed by atoms with E-state index in [-0.39, 0.29) is 10.8 Å². The number of rotatable bonds is 6. The molecule has 0 saturated carbocycles. The van der Waals surface area contributed by atoms with Gasteiger partial charge in [-0.15, -0.1) is 5.10 Å². The molecule has 31 heavy (non-hydrogen) atoms. The van der Waals surface area contributed by atoms with E-state index >= 15 is 0 Å². The number of benzene rings is 2. The van der Waals surface area contributed by atoms with E-state index in [1.807, 2.05) is 6.92 Å². The predicted octanol–water partition coefficient (Wildman–Crippen LogP) is 2.21. The highest BCUT2D eigenvalue weighted by Gasteiger charge is 2.33. The van der Waals surface area contributed by atoms with E-state index in [0.29, 0.717) is 22.2 Å². The lowest BCUT2D eigenvalue weighted by Gasteiger charge is -2.25. The fourth-order valence-electron chi connectivity index (χ4n) is 3.49. The molecule has 4 aromatic rings. The van der Waals surface area contributed by atoms with E-state index in [1.54, 1.807) is 19.9 Å². The van der Waals surface area contributed by atoms with Crippen LogP contribution >= 0.6 is 0 Å². The van der Waals surface area contributed by atoms with Crippen molar-refractivity contribution in [1.82, 2.24) is 30.3 Å². The maximum absolute atomic E-state index is 14.7. The summed E-state index contributed by atoms with van der Waals surface area (Å²) in [5.41, 5.74) is 2.66. The quantitative estimate of drug-likeness (QED) is 0.411. The smallest absolute Gasteiger partial charge is 0.391 e. The number of H-pyrrole nitrogens is 2. The molecule has 162 valence electrons. The van der Waals surface area contributed by atoms with Crippen LogP contribution in [0.4, 0.5) is 4.39 Å². The molecular formula is C19H19FN6O4S. The van der Waals surface area contributed by atoms with Crippen LogP contribution in [-0.2, 0) is 10.0 Å². The topological polar surface area (TPSA) is 147 Å². The Bertz CT molecular complexity index is 1420. The normalized spacial score (nSPS) is 14.1. The van der Waals surface area contributed by atoms with Gasteiger partial charge in [-0.25, -0.2) is 22.7 Å². The number of fused-ring (bicyclic) bond motifs is 1. The summed E-state index contributed by atoms with van der Waals surface area (Å²) in [6, 6.07) is 6.02. The molecule has 10 nitrogen and oxygen atoms in total. The molecule has 0 aliphatic heterocycles. The van der Waals surface area contributed by atoms with Gasteiger partial charge in [-0.2, -0.15) is 20.1 Å². The number of nitrogens with zero attached hydrogens (tertiary/aromatic N) is 3. The minimum absolute atomic E-state index is 0.0783. The number of nitrogens with one attached hydrogen (secondary N) is 3. The molecule has 2 aromatic carbocycles. The van der Waals surface area contributed by atoms with Gasteiger partial charge in [-0.1, -0.05) is 13.0 Å². The first-order valence-electron chi connectivity index (χ1n) is 9.31. The summed E-state index contributed by atoms with van der Waals surface area (Å²) < 4.78 is 48.6. The summed E-state index contributed by atoms with van der Waals surface area (Å²) >= 11 is 0. The van der Waals surface area contributed by atoms with Crippen molar-refractivity contribution in [2.75, 3.05) is 0 Å². The summed E-state index contributed by atoms with van der Waals surface area (Å²) in [5.74, 6) is -2.31. The third-order valence-electron chi connectivity index (χ3n) is 5.29. The molecule has 3 N–H and O–H groups in total. The second-order valence-corrected chi connectivity index (χ2v) is 8.93. The molecule has 2 atom stereocenters. The fraction of sp³-hybridized carbons (Fsp3) is 0.263. The Labute approximate surface area is 175 Å². The lowest BCUT2D eigenvalue weighted by molar-refractivity contribution is 0.377. The fourth-order valence-corrected chi connectivity index (χ4v) is 4.78. The van der Waals surface area contributed by atoms with Crippen molar-refractivity contribution in [3.05, 3.63) is 69.3 Å². The molecule has 0 radical (unpaired) electrons. The van der Waals surface area contributed by atoms with E-state index < -0.39 is 33.6 Å². The van der Waals surface area contributed by atoms with Gasteiger partial charge in [0, 0.05) is 5.92 Å². The van der Waals surface area contributed by atoms with Gasteiger partial charge in [0.25, 0.3) is 0 Å². The molecular weight excluding hydrogens is 427 g/mol. The Balaban J connectivity index is 1.79. The maximum Gasteiger partial charge on any atom is 0.434 e. The largest absolute Gasteiger partial charge is 0.434 e. The molecule has 0 bridgehead atoms. The zero-order chi connectivity index (χ0) is 22.3. The monoisotopic (exact) mass is 446 g/mol. The Morgan fingerprint density at radius 1 is 1.10 bits per heavy atom. The summed E-state index contributed by atoms with van der Waals surface area (Å²) in [5, 5.41) is 16.1. The van der Waals surface area contributed by atoms with Crippen LogP contribution in [0.1, 0.15) is 41.5 Å². The standard InChI is InChI=1S/C19H19FN6O4S/c1-9-4-6-13(20)16(10(9)2)11(3)17(18-23-24-19(27)30-18)25-31(28,29)12-5-7-14-15(8-12)22-26-21-14/h4-8,11,17,25H,1-3H3,(H,24,27)(H,21,22,26)/t11-,17+/m1/s1. The molecule has 0 saturated heterocycles. The van der Waals surface area contributed by atoms with E-state index in [9.17, 15) is 17.6 Å². The third-order valence-corrected chi connectivity index (χ3v) is 6.73. The molecule has 0 amide bonds. The first kappa shape index (κ1) is 20.9. The lowest BCUT2D eigenvalue weighted by atomic mass is 9.88. The molecule has 0 aliphatic rings. The first-order valence-corrected chi connectivity index (χ1v) is 10.8. The summed E-state index contributed by atoms with van der Waals surface area (Å²) in [6.45, 7) is 5.20.